The Bertz CT molecular complexity index is 473. The van der Waals surface area contributed by atoms with E-state index in [0.29, 0.717) is 13.0 Å². The van der Waals surface area contributed by atoms with Crippen molar-refractivity contribution in [2.24, 2.45) is 4.99 Å². The van der Waals surface area contributed by atoms with E-state index in [9.17, 15) is 14.4 Å². The van der Waals surface area contributed by atoms with Gasteiger partial charge in [0.05, 0.1) is 6.04 Å². The van der Waals surface area contributed by atoms with Gasteiger partial charge in [-0.15, -0.1) is 0 Å². The molecule has 0 atom stereocenters. The van der Waals surface area contributed by atoms with Gasteiger partial charge in [0, 0.05) is 54.5 Å². The molecule has 10 heteroatoms. The van der Waals surface area contributed by atoms with Crippen LogP contribution in [0.3, 0.4) is 0 Å². The van der Waals surface area contributed by atoms with Gasteiger partial charge in [0.25, 0.3) is 17.9 Å². The first-order valence-corrected chi connectivity index (χ1v) is 10.6. The van der Waals surface area contributed by atoms with Crippen LogP contribution in [0.5, 0.6) is 0 Å². The molecule has 0 aromatic rings. The Morgan fingerprint density at radius 2 is 1.23 bits per heavy atom. The first-order chi connectivity index (χ1) is 12.1. The maximum absolute atomic E-state index is 11.4. The molecule has 0 saturated carbocycles. The molecular weight excluding hydrogens is 358 g/mol. The van der Waals surface area contributed by atoms with Gasteiger partial charge < -0.3 is 23.1 Å². The Kier molecular flexibility index (Phi) is 10.6. The summed E-state index contributed by atoms with van der Waals surface area (Å²) in [5.41, 5.74) is 0. The van der Waals surface area contributed by atoms with Gasteiger partial charge in [-0.2, -0.15) is 0 Å². The van der Waals surface area contributed by atoms with Gasteiger partial charge in [0.1, 0.15) is 0 Å². The van der Waals surface area contributed by atoms with Crippen LogP contribution in [0, 0.1) is 0 Å². The average molecular weight is 390 g/mol. The van der Waals surface area contributed by atoms with Crippen LogP contribution in [-0.4, -0.2) is 76.2 Å². The van der Waals surface area contributed by atoms with E-state index in [0.717, 1.165) is 19.0 Å². The number of hydrogen-bond donors (Lipinski definition) is 0. The van der Waals surface area contributed by atoms with E-state index >= 15 is 0 Å². The maximum atomic E-state index is 11.4. The van der Waals surface area contributed by atoms with Gasteiger partial charge in [-0.25, -0.2) is 0 Å². The minimum absolute atomic E-state index is 0.119. The lowest BCUT2D eigenvalue weighted by Gasteiger charge is -2.28. The molecule has 0 aliphatic carbocycles. The fourth-order valence-electron chi connectivity index (χ4n) is 2.16. The van der Waals surface area contributed by atoms with Crippen molar-refractivity contribution >= 4 is 32.7 Å². The largest absolute Gasteiger partial charge is 0.705 e. The quantitative estimate of drug-likeness (QED) is 0.252. The molecule has 0 unspecified atom stereocenters. The van der Waals surface area contributed by atoms with E-state index in [1.807, 2.05) is 37.7 Å². The fraction of sp³-hybridized carbons (Fsp3) is 0.750. The van der Waals surface area contributed by atoms with Crippen LogP contribution in [0.1, 0.15) is 41.0 Å². The summed E-state index contributed by atoms with van der Waals surface area (Å²) in [6.45, 7) is 9.60. The lowest BCUT2D eigenvalue weighted by molar-refractivity contribution is -0.147. The molecule has 0 fully saturated rings. The fourth-order valence-corrected chi connectivity index (χ4v) is 4.50. The van der Waals surface area contributed by atoms with Crippen molar-refractivity contribution in [1.29, 1.82) is 0 Å². The molecule has 0 aromatic heterocycles. The summed E-state index contributed by atoms with van der Waals surface area (Å²) in [5.74, 6) is -1.17. The smallest absolute Gasteiger partial charge is 0.455 e. The molecule has 150 valence electrons. The van der Waals surface area contributed by atoms with Crippen LogP contribution in [0.15, 0.2) is 4.99 Å². The number of hydrogen-bond acceptors (Lipinski definition) is 7. The first-order valence-electron chi connectivity index (χ1n) is 8.62. The summed E-state index contributed by atoms with van der Waals surface area (Å²) < 4.78 is 15.4. The Hall–Kier alpha value is -2.10. The monoisotopic (exact) mass is 389 g/mol. The third-order valence-electron chi connectivity index (χ3n) is 3.42. The molecule has 0 heterocycles. The summed E-state index contributed by atoms with van der Waals surface area (Å²) in [6.07, 6.45) is 0.429. The molecule has 0 aliphatic rings. The molecule has 0 bridgehead atoms. The van der Waals surface area contributed by atoms with Gasteiger partial charge in [0.2, 0.25) is 0 Å². The first kappa shape index (κ1) is 23.9. The normalized spacial score (nSPS) is 10.6. The second kappa shape index (κ2) is 11.5. The Balaban J connectivity index is 5.21. The molecular formula is C16H31N3O6Si. The molecule has 0 aromatic carbocycles. The highest BCUT2D eigenvalue weighted by atomic mass is 28.4. The molecule has 0 N–H and O–H groups in total. The minimum Gasteiger partial charge on any atom is -0.455 e. The van der Waals surface area contributed by atoms with E-state index in [2.05, 4.69) is 4.99 Å². The van der Waals surface area contributed by atoms with Gasteiger partial charge in [-0.05, 0) is 20.3 Å². The van der Waals surface area contributed by atoms with Gasteiger partial charge in [-0.3, -0.25) is 19.4 Å². The zero-order chi connectivity index (χ0) is 20.3. The zero-order valence-corrected chi connectivity index (χ0v) is 17.8. The van der Waals surface area contributed by atoms with Crippen LogP contribution in [0.25, 0.3) is 0 Å². The third-order valence-corrected chi connectivity index (χ3v) is 6.18. The Morgan fingerprint density at radius 1 is 0.846 bits per heavy atom. The van der Waals surface area contributed by atoms with Crippen LogP contribution in [-0.2, 0) is 27.7 Å². The van der Waals surface area contributed by atoms with Crippen molar-refractivity contribution in [3.8, 4) is 0 Å². The van der Waals surface area contributed by atoms with Crippen LogP contribution >= 0.6 is 0 Å². The van der Waals surface area contributed by atoms with Crippen molar-refractivity contribution in [2.75, 3.05) is 33.7 Å². The molecule has 26 heavy (non-hydrogen) atoms. The maximum Gasteiger partial charge on any atom is 0.705 e. The number of rotatable bonds is 9. The molecule has 0 aliphatic heterocycles. The predicted molar refractivity (Wildman–Crippen MR) is 99.4 cm³/mol. The summed E-state index contributed by atoms with van der Waals surface area (Å²) in [7, 11) is 0.117. The van der Waals surface area contributed by atoms with Crippen molar-refractivity contribution in [3.05, 3.63) is 0 Å². The molecule has 0 spiro atoms. The number of carbonyl (C=O) groups is 3. The summed E-state index contributed by atoms with van der Waals surface area (Å²) in [6, 6.07) is 0.119. The Morgan fingerprint density at radius 3 is 1.54 bits per heavy atom. The molecule has 9 nitrogen and oxygen atoms in total. The number of carbonyl (C=O) groups excluding carboxylic acids is 3. The number of nitrogens with zero attached hydrogens (tertiary/aromatic N) is 3. The van der Waals surface area contributed by atoms with Gasteiger partial charge in [0.15, 0.2) is 5.96 Å². The molecule has 0 amide bonds. The SMILES string of the molecule is CCN(C)C(=NCCC[Si](OC(C)=O)(OC(C)=O)OC(C)=O)N(C)CC. The lowest BCUT2D eigenvalue weighted by atomic mass is 10.5. The minimum atomic E-state index is -3.77. The topological polar surface area (TPSA) is 97.7 Å². The second-order valence-electron chi connectivity index (χ2n) is 5.78. The number of guanidine groups is 1. The standard InChI is InChI=1S/C16H31N3O6Si/c1-8-18(6)16(19(7)9-2)17-11-10-12-26(23-13(3)20,24-14(4)21)25-15(5)22/h8-12H2,1-7H3. The highest BCUT2D eigenvalue weighted by Crippen LogP contribution is 2.19. The van der Waals surface area contributed by atoms with E-state index in [1.54, 1.807) is 0 Å². The molecule has 0 saturated heterocycles. The summed E-state index contributed by atoms with van der Waals surface area (Å²) in [4.78, 5) is 42.8. The van der Waals surface area contributed by atoms with E-state index in [1.165, 1.54) is 20.8 Å². The highest BCUT2D eigenvalue weighted by molar-refractivity contribution is 6.65. The molecule has 0 radical (unpaired) electrons. The number of aliphatic imine (C=N–C) groups is 1. The lowest BCUT2D eigenvalue weighted by Crippen LogP contribution is -2.49. The van der Waals surface area contributed by atoms with Crippen LogP contribution in [0.4, 0.5) is 0 Å². The van der Waals surface area contributed by atoms with Gasteiger partial charge >= 0.3 is 8.80 Å². The second-order valence-corrected chi connectivity index (χ2v) is 8.26. The van der Waals surface area contributed by atoms with Crippen molar-refractivity contribution in [2.45, 2.75) is 47.1 Å². The zero-order valence-electron chi connectivity index (χ0n) is 16.8. The van der Waals surface area contributed by atoms with E-state index in [4.69, 9.17) is 13.3 Å². The van der Waals surface area contributed by atoms with Crippen molar-refractivity contribution in [3.63, 3.8) is 0 Å². The Labute approximate surface area is 156 Å². The average Bonchev–Trinajstić information content (AvgIpc) is 2.51. The van der Waals surface area contributed by atoms with Gasteiger partial charge in [-0.1, -0.05) is 0 Å². The molecule has 0 rings (SSSR count). The predicted octanol–water partition coefficient (Wildman–Crippen LogP) is 1.26. The van der Waals surface area contributed by atoms with E-state index < -0.39 is 26.7 Å². The third kappa shape index (κ3) is 8.84. The summed E-state index contributed by atoms with van der Waals surface area (Å²) >= 11 is 0. The van der Waals surface area contributed by atoms with Crippen LogP contribution < -0.4 is 0 Å². The van der Waals surface area contributed by atoms with Crippen molar-refractivity contribution in [1.82, 2.24) is 9.80 Å². The van der Waals surface area contributed by atoms with Crippen molar-refractivity contribution < 1.29 is 27.7 Å². The van der Waals surface area contributed by atoms with Crippen LogP contribution in [0.2, 0.25) is 6.04 Å². The van der Waals surface area contributed by atoms with E-state index in [-0.39, 0.29) is 6.04 Å². The summed E-state index contributed by atoms with van der Waals surface area (Å²) in [5, 5.41) is 0. The highest BCUT2D eigenvalue weighted by Gasteiger charge is 2.51.